The third kappa shape index (κ3) is 4.22. The van der Waals surface area contributed by atoms with E-state index in [-0.39, 0.29) is 0 Å². The van der Waals surface area contributed by atoms with Gasteiger partial charge in [0, 0.05) is 12.6 Å². The molecule has 106 valence electrons. The van der Waals surface area contributed by atoms with Crippen molar-refractivity contribution in [1.29, 1.82) is 0 Å². The maximum atomic E-state index is 3.53. The molecule has 0 saturated carbocycles. The largest absolute Gasteiger partial charge is 0.316 e. The minimum Gasteiger partial charge on any atom is -0.316 e. The topological polar surface area (TPSA) is 18.5 Å². The molecule has 3 nitrogen and oxygen atoms in total. The van der Waals surface area contributed by atoms with Gasteiger partial charge in [-0.1, -0.05) is 6.92 Å². The van der Waals surface area contributed by atoms with Crippen molar-refractivity contribution in [2.75, 3.05) is 46.3 Å². The molecule has 0 radical (unpaired) electrons. The molecule has 2 aliphatic heterocycles. The molecule has 2 fully saturated rings. The summed E-state index contributed by atoms with van der Waals surface area (Å²) in [5.74, 6) is 0.887. The summed E-state index contributed by atoms with van der Waals surface area (Å²) in [5.41, 5.74) is 0. The minimum atomic E-state index is 0.833. The van der Waals surface area contributed by atoms with E-state index in [2.05, 4.69) is 29.1 Å². The smallest absolute Gasteiger partial charge is 0.0117 e. The van der Waals surface area contributed by atoms with Crippen LogP contribution in [0.3, 0.4) is 0 Å². The van der Waals surface area contributed by atoms with Crippen LogP contribution in [-0.2, 0) is 0 Å². The summed E-state index contributed by atoms with van der Waals surface area (Å²) in [6, 6.07) is 0.833. The van der Waals surface area contributed by atoms with Crippen molar-refractivity contribution in [2.45, 2.75) is 45.1 Å². The molecule has 0 spiro atoms. The van der Waals surface area contributed by atoms with E-state index in [9.17, 15) is 0 Å². The number of nitrogens with zero attached hydrogens (tertiary/aromatic N) is 2. The zero-order valence-corrected chi connectivity index (χ0v) is 12.3. The summed E-state index contributed by atoms with van der Waals surface area (Å²) < 4.78 is 0. The van der Waals surface area contributed by atoms with E-state index in [1.165, 1.54) is 71.4 Å². The number of likely N-dealkylation sites (tertiary alicyclic amines) is 1. The van der Waals surface area contributed by atoms with E-state index in [1.54, 1.807) is 0 Å². The molecule has 0 bridgehead atoms. The number of hydrogen-bond acceptors (Lipinski definition) is 3. The Hall–Kier alpha value is -0.120. The summed E-state index contributed by atoms with van der Waals surface area (Å²) >= 11 is 0. The molecule has 2 rings (SSSR count). The van der Waals surface area contributed by atoms with Crippen LogP contribution in [0, 0.1) is 5.92 Å². The average Bonchev–Trinajstić information content (AvgIpc) is 2.41. The van der Waals surface area contributed by atoms with Crippen LogP contribution in [0.5, 0.6) is 0 Å². The number of nitrogens with one attached hydrogen (secondary N) is 1. The van der Waals surface area contributed by atoms with E-state index in [0.717, 1.165) is 12.0 Å². The van der Waals surface area contributed by atoms with Crippen LogP contribution in [0.2, 0.25) is 0 Å². The standard InChI is InChI=1S/C15H31N3/c1-3-9-18-10-6-15(7-11-18)17(2)13-14-5-4-8-16-12-14/h14-16H,3-13H2,1-2H3. The zero-order valence-electron chi connectivity index (χ0n) is 12.3. The monoisotopic (exact) mass is 253 g/mol. The van der Waals surface area contributed by atoms with Gasteiger partial charge in [0.2, 0.25) is 0 Å². The van der Waals surface area contributed by atoms with Crippen LogP contribution in [0.1, 0.15) is 39.0 Å². The highest BCUT2D eigenvalue weighted by Crippen LogP contribution is 2.18. The van der Waals surface area contributed by atoms with Crippen LogP contribution in [0.25, 0.3) is 0 Å². The molecular weight excluding hydrogens is 222 g/mol. The van der Waals surface area contributed by atoms with E-state index in [0.29, 0.717) is 0 Å². The third-order valence-corrected chi connectivity index (χ3v) is 4.67. The molecule has 2 heterocycles. The highest BCUT2D eigenvalue weighted by molar-refractivity contribution is 4.80. The Morgan fingerprint density at radius 2 is 2.00 bits per heavy atom. The average molecular weight is 253 g/mol. The lowest BCUT2D eigenvalue weighted by molar-refractivity contribution is 0.111. The molecule has 0 aromatic heterocycles. The van der Waals surface area contributed by atoms with E-state index < -0.39 is 0 Å². The van der Waals surface area contributed by atoms with Crippen LogP contribution >= 0.6 is 0 Å². The maximum absolute atomic E-state index is 3.53. The first-order valence-electron chi connectivity index (χ1n) is 7.93. The molecule has 0 aromatic rings. The summed E-state index contributed by atoms with van der Waals surface area (Å²) in [5, 5.41) is 3.53. The molecule has 0 aliphatic carbocycles. The van der Waals surface area contributed by atoms with Gasteiger partial charge in [0.15, 0.2) is 0 Å². The summed E-state index contributed by atoms with van der Waals surface area (Å²) in [6.45, 7) is 9.97. The van der Waals surface area contributed by atoms with Gasteiger partial charge in [-0.15, -0.1) is 0 Å². The fourth-order valence-corrected chi connectivity index (χ4v) is 3.54. The summed E-state index contributed by atoms with van der Waals surface area (Å²) in [6.07, 6.45) is 6.83. The third-order valence-electron chi connectivity index (χ3n) is 4.67. The van der Waals surface area contributed by atoms with Gasteiger partial charge in [0.25, 0.3) is 0 Å². The second-order valence-corrected chi connectivity index (χ2v) is 6.22. The number of hydrogen-bond donors (Lipinski definition) is 1. The van der Waals surface area contributed by atoms with Crippen molar-refractivity contribution in [1.82, 2.24) is 15.1 Å². The molecule has 1 N–H and O–H groups in total. The van der Waals surface area contributed by atoms with Crippen LogP contribution in [0.4, 0.5) is 0 Å². The fraction of sp³-hybridized carbons (Fsp3) is 1.00. The van der Waals surface area contributed by atoms with Gasteiger partial charge >= 0.3 is 0 Å². The number of rotatable bonds is 5. The Morgan fingerprint density at radius 1 is 1.22 bits per heavy atom. The Kier molecular flexibility index (Phi) is 5.93. The molecular formula is C15H31N3. The molecule has 2 saturated heterocycles. The van der Waals surface area contributed by atoms with Gasteiger partial charge in [-0.3, -0.25) is 0 Å². The maximum Gasteiger partial charge on any atom is 0.0117 e. The SMILES string of the molecule is CCCN1CCC(N(C)CC2CCCNC2)CC1. The van der Waals surface area contributed by atoms with Crippen LogP contribution < -0.4 is 5.32 Å². The van der Waals surface area contributed by atoms with Gasteiger partial charge in [0.1, 0.15) is 0 Å². The Labute approximate surface area is 113 Å². The summed E-state index contributed by atoms with van der Waals surface area (Å²) in [4.78, 5) is 5.27. The van der Waals surface area contributed by atoms with Crippen molar-refractivity contribution in [3.63, 3.8) is 0 Å². The molecule has 1 atom stereocenters. The molecule has 18 heavy (non-hydrogen) atoms. The van der Waals surface area contributed by atoms with Gasteiger partial charge < -0.3 is 15.1 Å². The van der Waals surface area contributed by atoms with Gasteiger partial charge in [0.05, 0.1) is 0 Å². The van der Waals surface area contributed by atoms with Gasteiger partial charge in [-0.05, 0) is 77.8 Å². The molecule has 1 unspecified atom stereocenters. The van der Waals surface area contributed by atoms with E-state index >= 15 is 0 Å². The molecule has 0 amide bonds. The Balaban J connectivity index is 1.68. The van der Waals surface area contributed by atoms with Crippen molar-refractivity contribution < 1.29 is 0 Å². The lowest BCUT2D eigenvalue weighted by Crippen LogP contribution is -2.46. The highest BCUT2D eigenvalue weighted by Gasteiger charge is 2.24. The first-order chi connectivity index (χ1) is 8.79. The van der Waals surface area contributed by atoms with Crippen LogP contribution in [0.15, 0.2) is 0 Å². The molecule has 2 aliphatic rings. The van der Waals surface area contributed by atoms with Crippen molar-refractivity contribution in [2.24, 2.45) is 5.92 Å². The first-order valence-corrected chi connectivity index (χ1v) is 7.93. The number of piperidine rings is 2. The van der Waals surface area contributed by atoms with Gasteiger partial charge in [-0.25, -0.2) is 0 Å². The second kappa shape index (κ2) is 7.46. The summed E-state index contributed by atoms with van der Waals surface area (Å²) in [7, 11) is 2.34. The highest BCUT2D eigenvalue weighted by atomic mass is 15.2. The fourth-order valence-electron chi connectivity index (χ4n) is 3.54. The molecule has 0 aromatic carbocycles. The first kappa shape index (κ1) is 14.3. The Bertz CT molecular complexity index is 218. The lowest BCUT2D eigenvalue weighted by atomic mass is 9.97. The normalized spacial score (nSPS) is 27.8. The lowest BCUT2D eigenvalue weighted by Gasteiger charge is -2.38. The second-order valence-electron chi connectivity index (χ2n) is 6.22. The van der Waals surface area contributed by atoms with Crippen molar-refractivity contribution in [3.05, 3.63) is 0 Å². The Morgan fingerprint density at radius 3 is 2.61 bits per heavy atom. The van der Waals surface area contributed by atoms with Gasteiger partial charge in [-0.2, -0.15) is 0 Å². The van der Waals surface area contributed by atoms with Crippen LogP contribution in [-0.4, -0.2) is 62.2 Å². The predicted octanol–water partition coefficient (Wildman–Crippen LogP) is 1.79. The van der Waals surface area contributed by atoms with Crippen molar-refractivity contribution >= 4 is 0 Å². The van der Waals surface area contributed by atoms with E-state index in [1.807, 2.05) is 0 Å². The zero-order chi connectivity index (χ0) is 12.8. The van der Waals surface area contributed by atoms with Crippen molar-refractivity contribution in [3.8, 4) is 0 Å². The predicted molar refractivity (Wildman–Crippen MR) is 78.0 cm³/mol. The van der Waals surface area contributed by atoms with E-state index in [4.69, 9.17) is 0 Å². The minimum absolute atomic E-state index is 0.833. The quantitative estimate of drug-likeness (QED) is 0.806. The molecule has 3 heteroatoms.